The van der Waals surface area contributed by atoms with Crippen molar-refractivity contribution in [3.8, 4) is 27.2 Å². The number of nitrogens with two attached hydrogens (primary N) is 5. The van der Waals surface area contributed by atoms with E-state index < -0.39 is 77.7 Å². The van der Waals surface area contributed by atoms with Crippen LogP contribution >= 0.6 is 34.0 Å². The molecule has 7 amide bonds. The van der Waals surface area contributed by atoms with Crippen molar-refractivity contribution < 1.29 is 43.8 Å². The summed E-state index contributed by atoms with van der Waals surface area (Å²) in [6.45, 7) is 7.73. The van der Waals surface area contributed by atoms with Gasteiger partial charge < -0.3 is 86.4 Å². The van der Waals surface area contributed by atoms with E-state index in [4.69, 9.17) is 38.6 Å². The lowest BCUT2D eigenvalue weighted by Crippen LogP contribution is -2.57. The van der Waals surface area contributed by atoms with E-state index in [9.17, 15) is 39.0 Å². The number of rotatable bonds is 40. The normalized spacial score (nSPS) is 13.6. The predicted molar refractivity (Wildman–Crippen MR) is 374 cm³/mol. The summed E-state index contributed by atoms with van der Waals surface area (Å²) in [5.41, 5.74) is 32.8. The number of aliphatic hydroxyl groups is 1. The Morgan fingerprint density at radius 1 is 0.649 bits per heavy atom. The molecule has 3 aromatic carbocycles. The zero-order chi connectivity index (χ0) is 69.4. The van der Waals surface area contributed by atoms with E-state index >= 15 is 4.79 Å². The maximum Gasteiger partial charge on any atom is 0.271 e. The number of hydrogen-bond acceptors (Lipinski definition) is 23. The van der Waals surface area contributed by atoms with E-state index in [-0.39, 0.29) is 73.3 Å². The molecule has 7 atom stereocenters. The Hall–Kier alpha value is -9.18. The van der Waals surface area contributed by atoms with E-state index in [2.05, 4.69) is 62.5 Å². The molecule has 0 saturated heterocycles. The molecule has 516 valence electrons. The zero-order valence-electron chi connectivity index (χ0n) is 54.0. The molecule has 0 aliphatic heterocycles. The van der Waals surface area contributed by atoms with Crippen LogP contribution in [0, 0.1) is 12.8 Å². The number of phenols is 1. The molecule has 28 nitrogen and oxygen atoms in total. The minimum atomic E-state index is -1.60. The number of primary amides is 2. The third-order valence-corrected chi connectivity index (χ3v) is 18.6. The molecule has 31 heteroatoms. The highest BCUT2D eigenvalue weighted by Crippen LogP contribution is 2.32. The number of carbonyl (C=O) groups excluding carboxylic acids is 7. The Labute approximate surface area is 573 Å². The largest absolute Gasteiger partial charge is 0.508 e. The second kappa shape index (κ2) is 36.8. The van der Waals surface area contributed by atoms with Crippen LogP contribution < -0.4 is 71.2 Å². The average molecular weight is 1380 g/mol. The highest BCUT2D eigenvalue weighted by atomic mass is 32.1. The number of H-pyrrole nitrogens is 1. The summed E-state index contributed by atoms with van der Waals surface area (Å²) >= 11 is 4.11. The maximum atomic E-state index is 15.0. The lowest BCUT2D eigenvalue weighted by molar-refractivity contribution is -0.134. The Balaban J connectivity index is 0.919. The van der Waals surface area contributed by atoms with Gasteiger partial charge in [-0.2, -0.15) is 0 Å². The van der Waals surface area contributed by atoms with Crippen LogP contribution in [-0.4, -0.2) is 164 Å². The Bertz CT molecular complexity index is 3920. The Morgan fingerprint density at radius 3 is 2.04 bits per heavy atom. The molecule has 0 unspecified atom stereocenters. The molecule has 0 aliphatic carbocycles. The summed E-state index contributed by atoms with van der Waals surface area (Å²) < 4.78 is 0. The molecule has 21 N–H and O–H groups in total. The number of amides is 7. The number of aliphatic hydroxyl groups excluding tert-OH is 1. The second-order valence-corrected chi connectivity index (χ2v) is 26.0. The first-order valence-corrected chi connectivity index (χ1v) is 34.6. The SMILES string of the molecule is Cc1c(N)nc([C@H](CC(N)=O)NC[C@H](N)C(N)=O)nc1C(=O)N[C@@H](Cc1c[nH]c2ccccc12)C(=O)N[C@H](Cc1ccccc1)[C@@H](O)[C@H](C)C(=O)N[C@@H](Cc1ccc(O)cc1)C(=O)NCCc1nc(-c2nc(-c3nc(C(=O)NCCCNCCCCNCCCN)cs3)cs2)cs1. The minimum absolute atomic E-state index is 0.000870. The van der Waals surface area contributed by atoms with Crippen LogP contribution in [0.3, 0.4) is 0 Å². The Kier molecular flexibility index (Phi) is 27.9. The van der Waals surface area contributed by atoms with E-state index in [1.807, 2.05) is 35.0 Å². The lowest BCUT2D eigenvalue weighted by Gasteiger charge is -2.31. The van der Waals surface area contributed by atoms with Crippen LogP contribution in [0.2, 0.25) is 0 Å². The first-order valence-electron chi connectivity index (χ1n) is 32.0. The molecule has 0 fully saturated rings. The number of aromatic nitrogens is 6. The first kappa shape index (κ1) is 73.6. The van der Waals surface area contributed by atoms with Gasteiger partial charge in [0.15, 0.2) is 0 Å². The van der Waals surface area contributed by atoms with Gasteiger partial charge in [0.05, 0.1) is 35.2 Å². The maximum absolute atomic E-state index is 15.0. The van der Waals surface area contributed by atoms with Crippen molar-refractivity contribution in [2.75, 3.05) is 58.1 Å². The molecular formula is C66H85N19O9S3. The number of aromatic amines is 1. The quantitative estimate of drug-likeness (QED) is 0.0245. The molecular weight excluding hydrogens is 1300 g/mol. The molecule has 8 rings (SSSR count). The van der Waals surface area contributed by atoms with E-state index in [1.54, 1.807) is 54.0 Å². The molecule has 5 aromatic heterocycles. The number of carbonyl (C=O) groups is 7. The number of nitrogens with one attached hydrogen (secondary N) is 9. The van der Waals surface area contributed by atoms with Gasteiger partial charge >= 0.3 is 0 Å². The number of hydrogen-bond donors (Lipinski definition) is 16. The fourth-order valence-electron chi connectivity index (χ4n) is 10.4. The molecule has 0 aliphatic rings. The number of benzene rings is 3. The van der Waals surface area contributed by atoms with Crippen LogP contribution in [0.5, 0.6) is 5.75 Å². The highest BCUT2D eigenvalue weighted by molar-refractivity contribution is 7.16. The summed E-state index contributed by atoms with van der Waals surface area (Å²) in [4.78, 5) is 122. The highest BCUT2D eigenvalue weighted by Gasteiger charge is 2.36. The number of nitrogen functional groups attached to an aromatic ring is 1. The van der Waals surface area contributed by atoms with E-state index in [0.717, 1.165) is 62.8 Å². The molecule has 0 radical (unpaired) electrons. The summed E-state index contributed by atoms with van der Waals surface area (Å²) in [5.74, 6) is -6.26. The van der Waals surface area contributed by atoms with Crippen LogP contribution in [0.25, 0.3) is 32.3 Å². The van der Waals surface area contributed by atoms with Gasteiger partial charge in [0.25, 0.3) is 11.8 Å². The van der Waals surface area contributed by atoms with Gasteiger partial charge in [0.2, 0.25) is 29.5 Å². The van der Waals surface area contributed by atoms with E-state index in [0.29, 0.717) is 68.3 Å². The molecule has 97 heavy (non-hydrogen) atoms. The van der Waals surface area contributed by atoms with Gasteiger partial charge in [0.1, 0.15) is 62.3 Å². The lowest BCUT2D eigenvalue weighted by atomic mass is 9.91. The summed E-state index contributed by atoms with van der Waals surface area (Å²) in [7, 11) is 0. The van der Waals surface area contributed by atoms with Crippen LogP contribution in [-0.2, 0) is 49.7 Å². The monoisotopic (exact) mass is 1380 g/mol. The second-order valence-electron chi connectivity index (χ2n) is 23.4. The number of nitrogens with zero attached hydrogens (tertiary/aromatic N) is 5. The minimum Gasteiger partial charge on any atom is -0.508 e. The average Bonchev–Trinajstić information content (AvgIpc) is 1.00. The van der Waals surface area contributed by atoms with Crippen LogP contribution in [0.4, 0.5) is 5.82 Å². The number of unbranched alkanes of at least 4 members (excludes halogenated alkanes) is 1. The third-order valence-electron chi connectivity index (χ3n) is 16.0. The molecule has 0 bridgehead atoms. The van der Waals surface area contributed by atoms with Crippen molar-refractivity contribution in [1.29, 1.82) is 0 Å². The standard InChI is InChI=1S/C66H85N19O9S3/c1-37-55(84-59(85-57(37)70)47(31-53(69)87)77-33-44(68)58(71)89)64(94)81-49(30-41-32-76-45-15-7-6-14-43(41)45)63(93)79-46(28-39-12-4-3-5-13-39)56(88)38(2)60(90)80-48(29-40-16-18-42(86)19-17-40)61(91)75-27-20-54-78-51(35-95-54)65-83-52(36-97-65)66-82-50(34-96-66)62(92)74-26-11-25-73-23-9-8-22-72-24-10-21-67/h3-7,12-19,32,34-36,38,44,46-49,56,72-73,76-77,86,88H,8-11,20-31,33,67-68H2,1-2H3,(H2,69,87)(H2,71,89)(H,74,92)(H,75,91)(H,79,93)(H,80,90)(H,81,94)(H2,70,84,85)/t38-,44-,46+,47-,48-,49-,56-/m0/s1. The third kappa shape index (κ3) is 21.9. The number of thiazole rings is 3. The van der Waals surface area contributed by atoms with Crippen LogP contribution in [0.15, 0.2) is 101 Å². The summed E-state index contributed by atoms with van der Waals surface area (Å²) in [6, 6.07) is 16.5. The van der Waals surface area contributed by atoms with Crippen molar-refractivity contribution in [1.82, 2.24) is 72.4 Å². The van der Waals surface area contributed by atoms with Gasteiger partial charge in [-0.25, -0.2) is 24.9 Å². The van der Waals surface area contributed by atoms with Gasteiger partial charge in [-0.05, 0) is 107 Å². The van der Waals surface area contributed by atoms with Gasteiger partial charge in [-0.15, -0.1) is 34.0 Å². The fourth-order valence-corrected chi connectivity index (χ4v) is 12.9. The number of para-hydroxylation sites is 1. The van der Waals surface area contributed by atoms with Crippen molar-refractivity contribution in [3.63, 3.8) is 0 Å². The molecule has 0 spiro atoms. The van der Waals surface area contributed by atoms with Gasteiger partial charge in [-0.3, -0.25) is 33.6 Å². The Morgan fingerprint density at radius 2 is 1.31 bits per heavy atom. The number of phenolic OH excluding ortho intramolecular Hbond substituents is 1. The number of aromatic hydroxyl groups is 1. The van der Waals surface area contributed by atoms with Crippen molar-refractivity contribution in [2.45, 2.75) is 108 Å². The smallest absolute Gasteiger partial charge is 0.271 e. The van der Waals surface area contributed by atoms with Crippen LogP contribution in [0.1, 0.15) is 99.1 Å². The van der Waals surface area contributed by atoms with Gasteiger partial charge in [0, 0.05) is 84.1 Å². The summed E-state index contributed by atoms with van der Waals surface area (Å²) in [6.07, 6.45) is 3.89. The van der Waals surface area contributed by atoms with Crippen molar-refractivity contribution in [3.05, 3.63) is 146 Å². The van der Waals surface area contributed by atoms with Crippen molar-refractivity contribution >= 4 is 92.1 Å². The van der Waals surface area contributed by atoms with Crippen molar-refractivity contribution in [2.24, 2.45) is 28.9 Å². The fraction of sp³-hybridized carbons (Fsp3) is 0.394. The summed E-state index contributed by atoms with van der Waals surface area (Å²) in [5, 5.41) is 54.8. The number of anilines is 1. The molecule has 8 aromatic rings. The topological polar surface area (TPSA) is 467 Å². The van der Waals surface area contributed by atoms with Gasteiger partial charge in [-0.1, -0.05) is 67.6 Å². The number of fused-ring (bicyclic) bond motifs is 1. The van der Waals surface area contributed by atoms with E-state index in [1.165, 1.54) is 60.0 Å². The predicted octanol–water partition coefficient (Wildman–Crippen LogP) is 2.16. The first-order chi connectivity index (χ1) is 46.7. The zero-order valence-corrected chi connectivity index (χ0v) is 56.4. The molecule has 0 saturated carbocycles. The molecule has 5 heterocycles.